The van der Waals surface area contributed by atoms with Crippen LogP contribution in [-0.2, 0) is 36.0 Å². The molecule has 0 atom stereocenters. The minimum absolute atomic E-state index is 0.0559. The average Bonchev–Trinajstić information content (AvgIpc) is 2.86. The number of amides is 1. The summed E-state index contributed by atoms with van der Waals surface area (Å²) in [6.45, 7) is 3.69. The molecule has 1 heterocycles. The van der Waals surface area contributed by atoms with Gasteiger partial charge in [0, 0.05) is 19.6 Å². The van der Waals surface area contributed by atoms with Crippen LogP contribution in [0.2, 0.25) is 0 Å². The minimum atomic E-state index is -3.78. The second-order valence-electron chi connectivity index (χ2n) is 8.31. The second-order valence-corrected chi connectivity index (χ2v) is 12.2. The molecule has 0 unspecified atom stereocenters. The molecule has 198 valence electrons. The number of rotatable bonds is 12. The fourth-order valence-corrected chi connectivity index (χ4v) is 6.01. The number of nitrogens with one attached hydrogen (secondary N) is 1. The van der Waals surface area contributed by atoms with Gasteiger partial charge in [-0.2, -0.15) is 4.31 Å². The van der Waals surface area contributed by atoms with E-state index < -0.39 is 32.5 Å². The van der Waals surface area contributed by atoms with Crippen LogP contribution in [0.5, 0.6) is 5.75 Å². The zero-order valence-electron chi connectivity index (χ0n) is 20.6. The van der Waals surface area contributed by atoms with Crippen molar-refractivity contribution >= 4 is 31.6 Å². The summed E-state index contributed by atoms with van der Waals surface area (Å²) in [5, 5.41) is 2.75. The first-order valence-electron chi connectivity index (χ1n) is 11.8. The lowest BCUT2D eigenvalue weighted by Gasteiger charge is -2.26. The summed E-state index contributed by atoms with van der Waals surface area (Å²) in [5.74, 6) is 0.360. The maximum absolute atomic E-state index is 12.8. The van der Waals surface area contributed by atoms with Crippen LogP contribution < -0.4 is 14.4 Å². The number of ether oxygens (including phenoxy) is 2. The van der Waals surface area contributed by atoms with Gasteiger partial charge in [-0.25, -0.2) is 16.8 Å². The third-order valence-corrected chi connectivity index (χ3v) is 8.67. The molecule has 1 amide bonds. The minimum Gasteiger partial charge on any atom is -0.494 e. The van der Waals surface area contributed by atoms with E-state index in [0.717, 1.165) is 28.3 Å². The van der Waals surface area contributed by atoms with Gasteiger partial charge in [0.05, 0.1) is 36.7 Å². The lowest BCUT2D eigenvalue weighted by Crippen LogP contribution is -2.41. The second kappa shape index (κ2) is 12.5. The van der Waals surface area contributed by atoms with Crippen molar-refractivity contribution in [2.24, 2.45) is 0 Å². The van der Waals surface area contributed by atoms with Crippen LogP contribution in [0.25, 0.3) is 0 Å². The number of aryl methyl sites for hydroxylation is 1. The molecule has 2 aromatic carbocycles. The highest BCUT2D eigenvalue weighted by Crippen LogP contribution is 2.23. The Morgan fingerprint density at radius 2 is 1.67 bits per heavy atom. The Labute approximate surface area is 213 Å². The number of morpholine rings is 1. The predicted octanol–water partition coefficient (Wildman–Crippen LogP) is 1.62. The van der Waals surface area contributed by atoms with E-state index >= 15 is 0 Å². The molecule has 1 aliphatic rings. The Kier molecular flexibility index (Phi) is 9.71. The van der Waals surface area contributed by atoms with Gasteiger partial charge >= 0.3 is 0 Å². The summed E-state index contributed by atoms with van der Waals surface area (Å²) in [4.78, 5) is 12.5. The molecule has 10 nitrogen and oxygen atoms in total. The van der Waals surface area contributed by atoms with Crippen LogP contribution >= 0.6 is 0 Å². The molecular formula is C24H33N3O7S2. The first-order valence-corrected chi connectivity index (χ1v) is 15.0. The van der Waals surface area contributed by atoms with Crippen molar-refractivity contribution < 1.29 is 31.1 Å². The molecule has 1 saturated heterocycles. The van der Waals surface area contributed by atoms with Gasteiger partial charge in [-0.05, 0) is 61.7 Å². The monoisotopic (exact) mass is 539 g/mol. The first-order chi connectivity index (χ1) is 17.1. The van der Waals surface area contributed by atoms with Gasteiger partial charge < -0.3 is 14.8 Å². The zero-order valence-corrected chi connectivity index (χ0v) is 22.2. The summed E-state index contributed by atoms with van der Waals surface area (Å²) in [6.07, 6.45) is 2.44. The third kappa shape index (κ3) is 7.66. The van der Waals surface area contributed by atoms with E-state index in [1.807, 2.05) is 31.2 Å². The molecule has 1 N–H and O–H groups in total. The predicted molar refractivity (Wildman–Crippen MR) is 137 cm³/mol. The van der Waals surface area contributed by atoms with Crippen molar-refractivity contribution in [2.45, 2.75) is 24.7 Å². The Morgan fingerprint density at radius 1 is 1.03 bits per heavy atom. The molecule has 0 bridgehead atoms. The standard InChI is InChI=1S/C24H33N3O7S2/c1-3-34-22-10-6-20(7-11-22)5-4-14-25-24(28)19-27(35(2,29)30)21-8-12-23(13-9-21)36(31,32)26-15-17-33-18-16-26/h6-13H,3-5,14-19H2,1-2H3,(H,25,28). The number of sulfonamides is 2. The van der Waals surface area contributed by atoms with Crippen LogP contribution in [0.3, 0.4) is 0 Å². The van der Waals surface area contributed by atoms with Gasteiger partial charge in [0.1, 0.15) is 12.3 Å². The van der Waals surface area contributed by atoms with Crippen molar-refractivity contribution in [1.29, 1.82) is 0 Å². The molecule has 3 rings (SSSR count). The van der Waals surface area contributed by atoms with Crippen molar-refractivity contribution in [3.8, 4) is 5.75 Å². The lowest BCUT2D eigenvalue weighted by atomic mass is 10.1. The van der Waals surface area contributed by atoms with Gasteiger partial charge in [-0.3, -0.25) is 9.10 Å². The third-order valence-electron chi connectivity index (χ3n) is 5.62. The lowest BCUT2D eigenvalue weighted by molar-refractivity contribution is -0.119. The van der Waals surface area contributed by atoms with Crippen molar-refractivity contribution in [3.63, 3.8) is 0 Å². The Hall–Kier alpha value is -2.67. The van der Waals surface area contributed by atoms with Crippen molar-refractivity contribution in [1.82, 2.24) is 9.62 Å². The highest BCUT2D eigenvalue weighted by Gasteiger charge is 2.27. The highest BCUT2D eigenvalue weighted by molar-refractivity contribution is 7.92. The highest BCUT2D eigenvalue weighted by atomic mass is 32.2. The number of carbonyl (C=O) groups is 1. The Morgan fingerprint density at radius 3 is 2.25 bits per heavy atom. The molecule has 0 saturated carbocycles. The van der Waals surface area contributed by atoms with Gasteiger partial charge in [-0.15, -0.1) is 0 Å². The number of hydrogen-bond donors (Lipinski definition) is 1. The zero-order chi connectivity index (χ0) is 26.2. The first kappa shape index (κ1) is 27.9. The van der Waals surface area contributed by atoms with Crippen molar-refractivity contribution in [2.75, 3.05) is 56.6 Å². The number of hydrogen-bond acceptors (Lipinski definition) is 7. The van der Waals surface area contributed by atoms with Gasteiger partial charge in [0.2, 0.25) is 26.0 Å². The van der Waals surface area contributed by atoms with Crippen molar-refractivity contribution in [3.05, 3.63) is 54.1 Å². The maximum atomic E-state index is 12.8. The summed E-state index contributed by atoms with van der Waals surface area (Å²) >= 11 is 0. The van der Waals surface area contributed by atoms with E-state index in [4.69, 9.17) is 9.47 Å². The summed E-state index contributed by atoms with van der Waals surface area (Å²) in [7, 11) is -7.49. The molecule has 36 heavy (non-hydrogen) atoms. The van der Waals surface area contributed by atoms with Crippen LogP contribution in [0, 0.1) is 0 Å². The summed E-state index contributed by atoms with van der Waals surface area (Å²) in [5.41, 5.74) is 1.32. The summed E-state index contributed by atoms with van der Waals surface area (Å²) < 4.78 is 63.3. The Balaban J connectivity index is 1.56. The van der Waals surface area contributed by atoms with Gasteiger partial charge in [-0.1, -0.05) is 12.1 Å². The van der Waals surface area contributed by atoms with E-state index in [9.17, 15) is 21.6 Å². The SMILES string of the molecule is CCOc1ccc(CCCNC(=O)CN(c2ccc(S(=O)(=O)N3CCOCC3)cc2)S(C)(=O)=O)cc1. The molecule has 2 aromatic rings. The van der Waals surface area contributed by atoms with Crippen LogP contribution in [0.1, 0.15) is 18.9 Å². The van der Waals surface area contributed by atoms with Gasteiger partial charge in [0.15, 0.2) is 0 Å². The van der Waals surface area contributed by atoms with Crippen LogP contribution in [0.15, 0.2) is 53.4 Å². The van der Waals surface area contributed by atoms with E-state index in [1.54, 1.807) is 0 Å². The molecule has 0 aliphatic carbocycles. The van der Waals surface area contributed by atoms with E-state index in [0.29, 0.717) is 32.8 Å². The molecule has 1 aliphatic heterocycles. The van der Waals surface area contributed by atoms with Crippen LogP contribution in [-0.4, -0.2) is 79.3 Å². The number of anilines is 1. The number of carbonyl (C=O) groups excluding carboxylic acids is 1. The van der Waals surface area contributed by atoms with E-state index in [1.165, 1.54) is 28.6 Å². The topological polar surface area (TPSA) is 122 Å². The molecule has 12 heteroatoms. The molecule has 1 fully saturated rings. The summed E-state index contributed by atoms with van der Waals surface area (Å²) in [6, 6.07) is 13.3. The molecule has 0 radical (unpaired) electrons. The van der Waals surface area contributed by atoms with Gasteiger partial charge in [0.25, 0.3) is 0 Å². The molecule has 0 aromatic heterocycles. The van der Waals surface area contributed by atoms with E-state index in [2.05, 4.69) is 5.32 Å². The average molecular weight is 540 g/mol. The quantitative estimate of drug-likeness (QED) is 0.407. The fraction of sp³-hybridized carbons (Fsp3) is 0.458. The smallest absolute Gasteiger partial charge is 0.243 e. The fourth-order valence-electron chi connectivity index (χ4n) is 3.75. The maximum Gasteiger partial charge on any atom is 0.243 e. The number of benzene rings is 2. The molecular weight excluding hydrogens is 506 g/mol. The largest absolute Gasteiger partial charge is 0.494 e. The van der Waals surface area contributed by atoms with E-state index in [-0.39, 0.29) is 23.7 Å². The van der Waals surface area contributed by atoms with Crippen LogP contribution in [0.4, 0.5) is 5.69 Å². The Bertz CT molecular complexity index is 1210. The normalized spacial score (nSPS) is 14.8. The number of nitrogens with zero attached hydrogens (tertiary/aromatic N) is 2. The molecule has 0 spiro atoms.